The lowest BCUT2D eigenvalue weighted by Crippen LogP contribution is -2.31. The molecule has 1 atom stereocenters. The Kier molecular flexibility index (Phi) is 2.10. The third-order valence-electron chi connectivity index (χ3n) is 4.07. The van der Waals surface area contributed by atoms with Crippen LogP contribution in [0.3, 0.4) is 0 Å². The van der Waals surface area contributed by atoms with E-state index in [9.17, 15) is 0 Å². The maximum Gasteiger partial charge on any atom is 0.0351 e. The van der Waals surface area contributed by atoms with Gasteiger partial charge in [-0.15, -0.1) is 0 Å². The molecule has 0 bridgehead atoms. The summed E-state index contributed by atoms with van der Waals surface area (Å²) in [6.07, 6.45) is 4.06. The molecule has 1 aromatic rings. The summed E-state index contributed by atoms with van der Waals surface area (Å²) >= 11 is 0. The molecule has 1 fully saturated rings. The topological polar surface area (TPSA) is 12.0 Å². The first-order valence-electron chi connectivity index (χ1n) is 6.09. The number of hydrogen-bond donors (Lipinski definition) is 1. The second-order valence-corrected chi connectivity index (χ2v) is 5.09. The van der Waals surface area contributed by atoms with E-state index in [0.29, 0.717) is 6.04 Å². The number of fused-ring (bicyclic) bond motifs is 1. The summed E-state index contributed by atoms with van der Waals surface area (Å²) in [5, 5.41) is 3.68. The Morgan fingerprint density at radius 1 is 1.20 bits per heavy atom. The molecule has 1 nitrogen and oxygen atoms in total. The van der Waals surface area contributed by atoms with Gasteiger partial charge < -0.3 is 5.32 Å². The standard InChI is InChI=1S/C14H19N/c1-9-3-6-13-12(10(9)2)7-8-15-14(13)11-4-5-11/h3,6,11,14-15H,4-5,7-8H2,1-2H3. The van der Waals surface area contributed by atoms with E-state index in [1.165, 1.54) is 36.9 Å². The summed E-state index contributed by atoms with van der Waals surface area (Å²) in [6.45, 7) is 5.67. The van der Waals surface area contributed by atoms with Crippen LogP contribution >= 0.6 is 0 Å². The Labute approximate surface area is 91.9 Å². The van der Waals surface area contributed by atoms with Gasteiger partial charge in [0.25, 0.3) is 0 Å². The molecule has 0 radical (unpaired) electrons. The molecule has 1 aliphatic heterocycles. The predicted molar refractivity (Wildman–Crippen MR) is 63.1 cm³/mol. The highest BCUT2D eigenvalue weighted by atomic mass is 14.9. The van der Waals surface area contributed by atoms with Crippen molar-refractivity contribution < 1.29 is 0 Å². The second kappa shape index (κ2) is 3.34. The first-order chi connectivity index (χ1) is 7.27. The van der Waals surface area contributed by atoms with E-state index in [2.05, 4.69) is 31.3 Å². The summed E-state index contributed by atoms with van der Waals surface area (Å²) in [4.78, 5) is 0. The SMILES string of the molecule is Cc1ccc2c(c1C)CCNC2C1CC1. The van der Waals surface area contributed by atoms with Crippen molar-refractivity contribution in [3.05, 3.63) is 34.4 Å². The van der Waals surface area contributed by atoms with Gasteiger partial charge in [0.05, 0.1) is 0 Å². The molecular weight excluding hydrogens is 182 g/mol. The number of hydrogen-bond acceptors (Lipinski definition) is 1. The van der Waals surface area contributed by atoms with Crippen LogP contribution in [0.5, 0.6) is 0 Å². The number of benzene rings is 1. The summed E-state index contributed by atoms with van der Waals surface area (Å²) in [5.41, 5.74) is 6.20. The van der Waals surface area contributed by atoms with Crippen LogP contribution in [0.4, 0.5) is 0 Å². The van der Waals surface area contributed by atoms with Crippen molar-refractivity contribution in [3.63, 3.8) is 0 Å². The maximum atomic E-state index is 3.68. The average molecular weight is 201 g/mol. The molecule has 3 rings (SSSR count). The number of nitrogens with one attached hydrogen (secondary N) is 1. The van der Waals surface area contributed by atoms with Crippen LogP contribution in [0.1, 0.15) is 41.1 Å². The molecule has 1 heterocycles. The van der Waals surface area contributed by atoms with Gasteiger partial charge in [-0.05, 0) is 67.8 Å². The lowest BCUT2D eigenvalue weighted by Gasteiger charge is -2.29. The zero-order valence-corrected chi connectivity index (χ0v) is 9.64. The van der Waals surface area contributed by atoms with E-state index >= 15 is 0 Å². The highest BCUT2D eigenvalue weighted by molar-refractivity contribution is 5.43. The van der Waals surface area contributed by atoms with E-state index in [1.807, 2.05) is 0 Å². The van der Waals surface area contributed by atoms with Crippen LogP contribution < -0.4 is 5.32 Å². The molecule has 1 N–H and O–H groups in total. The number of aryl methyl sites for hydroxylation is 1. The molecule has 1 saturated carbocycles. The minimum absolute atomic E-state index is 0.660. The Morgan fingerprint density at radius 3 is 2.73 bits per heavy atom. The maximum absolute atomic E-state index is 3.68. The van der Waals surface area contributed by atoms with E-state index in [-0.39, 0.29) is 0 Å². The van der Waals surface area contributed by atoms with Crippen LogP contribution in [-0.4, -0.2) is 6.54 Å². The third-order valence-corrected chi connectivity index (χ3v) is 4.07. The first-order valence-corrected chi connectivity index (χ1v) is 6.09. The van der Waals surface area contributed by atoms with Crippen molar-refractivity contribution in [2.24, 2.45) is 5.92 Å². The molecule has 1 heteroatoms. The van der Waals surface area contributed by atoms with E-state index in [4.69, 9.17) is 0 Å². The fraction of sp³-hybridized carbons (Fsp3) is 0.571. The lowest BCUT2D eigenvalue weighted by molar-refractivity contribution is 0.457. The zero-order chi connectivity index (χ0) is 10.4. The molecule has 0 amide bonds. The highest BCUT2D eigenvalue weighted by Gasteiger charge is 2.35. The molecule has 80 valence electrons. The quantitative estimate of drug-likeness (QED) is 0.736. The lowest BCUT2D eigenvalue weighted by atomic mass is 9.87. The summed E-state index contributed by atoms with van der Waals surface area (Å²) in [7, 11) is 0. The van der Waals surface area contributed by atoms with Gasteiger partial charge in [0.2, 0.25) is 0 Å². The van der Waals surface area contributed by atoms with Crippen LogP contribution in [0, 0.1) is 19.8 Å². The molecule has 0 saturated heterocycles. The van der Waals surface area contributed by atoms with Crippen molar-refractivity contribution in [1.82, 2.24) is 5.32 Å². The first kappa shape index (κ1) is 9.41. The smallest absolute Gasteiger partial charge is 0.0351 e. The van der Waals surface area contributed by atoms with Crippen LogP contribution in [0.15, 0.2) is 12.1 Å². The average Bonchev–Trinajstić information content (AvgIpc) is 3.07. The summed E-state index contributed by atoms with van der Waals surface area (Å²) in [5.74, 6) is 0.922. The summed E-state index contributed by atoms with van der Waals surface area (Å²) < 4.78 is 0. The molecule has 1 unspecified atom stereocenters. The van der Waals surface area contributed by atoms with E-state index in [0.717, 1.165) is 5.92 Å². The van der Waals surface area contributed by atoms with Crippen molar-refractivity contribution >= 4 is 0 Å². The molecule has 15 heavy (non-hydrogen) atoms. The van der Waals surface area contributed by atoms with Crippen molar-refractivity contribution in [3.8, 4) is 0 Å². The largest absolute Gasteiger partial charge is 0.309 e. The molecule has 0 aromatic heterocycles. The Morgan fingerprint density at radius 2 is 2.00 bits per heavy atom. The van der Waals surface area contributed by atoms with Gasteiger partial charge in [0, 0.05) is 6.04 Å². The van der Waals surface area contributed by atoms with E-state index in [1.54, 1.807) is 11.1 Å². The Hall–Kier alpha value is -0.820. The fourth-order valence-corrected chi connectivity index (χ4v) is 2.83. The van der Waals surface area contributed by atoms with Crippen molar-refractivity contribution in [2.45, 2.75) is 39.2 Å². The Balaban J connectivity index is 2.07. The summed E-state index contributed by atoms with van der Waals surface area (Å²) in [6, 6.07) is 5.30. The van der Waals surface area contributed by atoms with Gasteiger partial charge in [-0.25, -0.2) is 0 Å². The van der Waals surface area contributed by atoms with Crippen LogP contribution in [0.2, 0.25) is 0 Å². The normalized spacial score (nSPS) is 25.1. The monoisotopic (exact) mass is 201 g/mol. The molecule has 0 spiro atoms. The van der Waals surface area contributed by atoms with Gasteiger partial charge in [-0.3, -0.25) is 0 Å². The van der Waals surface area contributed by atoms with Crippen molar-refractivity contribution in [1.29, 1.82) is 0 Å². The second-order valence-electron chi connectivity index (χ2n) is 5.09. The molecule has 1 aromatic carbocycles. The third kappa shape index (κ3) is 1.50. The minimum atomic E-state index is 0.660. The fourth-order valence-electron chi connectivity index (χ4n) is 2.83. The van der Waals surface area contributed by atoms with Gasteiger partial charge in [0.1, 0.15) is 0 Å². The van der Waals surface area contributed by atoms with Crippen LogP contribution in [0.25, 0.3) is 0 Å². The molecular formula is C14H19N. The molecule has 1 aliphatic carbocycles. The number of rotatable bonds is 1. The van der Waals surface area contributed by atoms with Crippen molar-refractivity contribution in [2.75, 3.05) is 6.54 Å². The van der Waals surface area contributed by atoms with Crippen LogP contribution in [-0.2, 0) is 6.42 Å². The van der Waals surface area contributed by atoms with Gasteiger partial charge in [-0.2, -0.15) is 0 Å². The van der Waals surface area contributed by atoms with Gasteiger partial charge in [0.15, 0.2) is 0 Å². The van der Waals surface area contributed by atoms with Gasteiger partial charge >= 0.3 is 0 Å². The van der Waals surface area contributed by atoms with E-state index < -0.39 is 0 Å². The van der Waals surface area contributed by atoms with Gasteiger partial charge in [-0.1, -0.05) is 12.1 Å². The zero-order valence-electron chi connectivity index (χ0n) is 9.64. The highest BCUT2D eigenvalue weighted by Crippen LogP contribution is 2.43. The predicted octanol–water partition coefficient (Wildman–Crippen LogP) is 2.90. The molecule has 2 aliphatic rings. The Bertz CT molecular complexity index is 391. The minimum Gasteiger partial charge on any atom is -0.309 e.